The molecule has 0 aliphatic heterocycles. The highest BCUT2D eigenvalue weighted by atomic mass is 32.2. The molecule has 0 fully saturated rings. The third-order valence-electron chi connectivity index (χ3n) is 3.14. The van der Waals surface area contributed by atoms with Gasteiger partial charge in [-0.05, 0) is 30.9 Å². The molecule has 1 atom stereocenters. The predicted octanol–water partition coefficient (Wildman–Crippen LogP) is 3.60. The average Bonchev–Trinajstić information content (AvgIpc) is 2.53. The first-order valence-corrected chi connectivity index (χ1v) is 8.77. The summed E-state index contributed by atoms with van der Waals surface area (Å²) in [7, 11) is 0. The number of carbonyl (C=O) groups is 1. The van der Waals surface area contributed by atoms with Crippen molar-refractivity contribution < 1.29 is 22.7 Å². The van der Waals surface area contributed by atoms with Crippen LogP contribution in [0.5, 0.6) is 5.75 Å². The molecule has 24 heavy (non-hydrogen) atoms. The van der Waals surface area contributed by atoms with E-state index in [0.717, 1.165) is 17.9 Å². The lowest BCUT2D eigenvalue weighted by molar-refractivity contribution is -0.137. The summed E-state index contributed by atoms with van der Waals surface area (Å²) in [6.45, 7) is 2.32. The van der Waals surface area contributed by atoms with Crippen molar-refractivity contribution in [2.75, 3.05) is 18.6 Å². The molecule has 0 saturated carbocycles. The standard InChI is InChI=1S/C16H19F3N2O2S/c1-3-4-14(15(22)21-7-8-24-2)23-12-6-5-11(10-20)13(9-12)16(17,18)19/h5-6,9,14H,3-4,7-8H2,1-2H3,(H,21,22). The molecule has 0 aromatic heterocycles. The summed E-state index contributed by atoms with van der Waals surface area (Å²) in [5, 5.41) is 11.5. The number of carbonyl (C=O) groups excluding carboxylic acids is 1. The highest BCUT2D eigenvalue weighted by Crippen LogP contribution is 2.34. The van der Waals surface area contributed by atoms with Gasteiger partial charge in [0, 0.05) is 12.3 Å². The number of amides is 1. The van der Waals surface area contributed by atoms with Crippen molar-refractivity contribution in [1.82, 2.24) is 5.32 Å². The van der Waals surface area contributed by atoms with Gasteiger partial charge < -0.3 is 10.1 Å². The van der Waals surface area contributed by atoms with Crippen molar-refractivity contribution in [1.29, 1.82) is 5.26 Å². The lowest BCUT2D eigenvalue weighted by atomic mass is 10.1. The molecule has 4 nitrogen and oxygen atoms in total. The van der Waals surface area contributed by atoms with Gasteiger partial charge in [0.05, 0.1) is 17.2 Å². The summed E-state index contributed by atoms with van der Waals surface area (Å²) in [4.78, 5) is 12.1. The van der Waals surface area contributed by atoms with E-state index in [1.807, 2.05) is 13.2 Å². The number of benzene rings is 1. The first-order valence-electron chi connectivity index (χ1n) is 7.38. The van der Waals surface area contributed by atoms with E-state index in [1.165, 1.54) is 12.1 Å². The number of alkyl halides is 3. The fourth-order valence-corrected chi connectivity index (χ4v) is 2.30. The van der Waals surface area contributed by atoms with Gasteiger partial charge in [0.1, 0.15) is 5.75 Å². The van der Waals surface area contributed by atoms with Crippen LogP contribution in [0, 0.1) is 11.3 Å². The predicted molar refractivity (Wildman–Crippen MR) is 86.9 cm³/mol. The van der Waals surface area contributed by atoms with E-state index in [4.69, 9.17) is 10.00 Å². The second-order valence-corrected chi connectivity index (χ2v) is 5.98. The number of nitrogens with zero attached hydrogens (tertiary/aromatic N) is 1. The zero-order valence-electron chi connectivity index (χ0n) is 13.4. The summed E-state index contributed by atoms with van der Waals surface area (Å²) in [6.07, 6.45) is -2.60. The number of nitriles is 1. The Bertz CT molecular complexity index is 600. The highest BCUT2D eigenvalue weighted by Gasteiger charge is 2.34. The molecule has 1 amide bonds. The number of nitrogens with one attached hydrogen (secondary N) is 1. The molecule has 0 bridgehead atoms. The number of rotatable bonds is 8. The Morgan fingerprint density at radius 2 is 2.17 bits per heavy atom. The van der Waals surface area contributed by atoms with Gasteiger partial charge in [-0.1, -0.05) is 13.3 Å². The van der Waals surface area contributed by atoms with Gasteiger partial charge in [-0.3, -0.25) is 4.79 Å². The van der Waals surface area contributed by atoms with E-state index >= 15 is 0 Å². The van der Waals surface area contributed by atoms with Gasteiger partial charge in [0.25, 0.3) is 5.91 Å². The summed E-state index contributed by atoms with van der Waals surface area (Å²) in [5.74, 6) is 0.295. The van der Waals surface area contributed by atoms with Crippen LogP contribution in [0.2, 0.25) is 0 Å². The normalized spacial score (nSPS) is 12.3. The zero-order valence-corrected chi connectivity index (χ0v) is 14.3. The Hall–Kier alpha value is -1.88. The van der Waals surface area contributed by atoms with Gasteiger partial charge in [0.15, 0.2) is 6.10 Å². The van der Waals surface area contributed by atoms with Crippen LogP contribution in [0.25, 0.3) is 0 Å². The molecule has 8 heteroatoms. The van der Waals surface area contributed by atoms with E-state index in [-0.39, 0.29) is 11.7 Å². The molecule has 1 rings (SSSR count). The minimum absolute atomic E-state index is 0.0835. The lowest BCUT2D eigenvalue weighted by Gasteiger charge is -2.19. The molecule has 132 valence electrons. The lowest BCUT2D eigenvalue weighted by Crippen LogP contribution is -2.39. The average molecular weight is 360 g/mol. The van der Waals surface area contributed by atoms with Crippen molar-refractivity contribution >= 4 is 17.7 Å². The number of halogens is 3. The first kappa shape index (κ1) is 20.2. The van der Waals surface area contributed by atoms with E-state index in [9.17, 15) is 18.0 Å². The van der Waals surface area contributed by atoms with Crippen molar-refractivity contribution in [2.24, 2.45) is 0 Å². The second-order valence-electron chi connectivity index (χ2n) is 5.00. The van der Waals surface area contributed by atoms with Gasteiger partial charge >= 0.3 is 6.18 Å². The maximum atomic E-state index is 13.0. The van der Waals surface area contributed by atoms with Gasteiger partial charge in [0.2, 0.25) is 0 Å². The van der Waals surface area contributed by atoms with Crippen molar-refractivity contribution in [3.63, 3.8) is 0 Å². The van der Waals surface area contributed by atoms with Crippen LogP contribution in [0.3, 0.4) is 0 Å². The zero-order chi connectivity index (χ0) is 18.2. The Kier molecular flexibility index (Phi) is 7.92. The van der Waals surface area contributed by atoms with E-state index in [0.29, 0.717) is 19.4 Å². The number of ether oxygens (including phenoxy) is 1. The SMILES string of the molecule is CCCC(Oc1ccc(C#N)c(C(F)(F)F)c1)C(=O)NCCSC. The van der Waals surface area contributed by atoms with Gasteiger partial charge in [-0.2, -0.15) is 30.2 Å². The highest BCUT2D eigenvalue weighted by molar-refractivity contribution is 7.98. The van der Waals surface area contributed by atoms with Crippen LogP contribution >= 0.6 is 11.8 Å². The number of thioether (sulfide) groups is 1. The van der Waals surface area contributed by atoms with Crippen LogP contribution in [-0.4, -0.2) is 30.6 Å². The Morgan fingerprint density at radius 1 is 1.46 bits per heavy atom. The second kappa shape index (κ2) is 9.42. The largest absolute Gasteiger partial charge is 0.481 e. The quantitative estimate of drug-likeness (QED) is 0.720. The monoisotopic (exact) mass is 360 g/mol. The van der Waals surface area contributed by atoms with Crippen molar-refractivity contribution in [3.05, 3.63) is 29.3 Å². The summed E-state index contributed by atoms with van der Waals surface area (Å²) < 4.78 is 44.4. The fraction of sp³-hybridized carbons (Fsp3) is 0.500. The maximum Gasteiger partial charge on any atom is 0.417 e. The molecule has 0 saturated heterocycles. The molecule has 0 aliphatic rings. The molecule has 1 aromatic rings. The number of hydrogen-bond acceptors (Lipinski definition) is 4. The maximum absolute atomic E-state index is 13.0. The molecule has 1 N–H and O–H groups in total. The summed E-state index contributed by atoms with van der Waals surface area (Å²) in [6, 6.07) is 4.59. The van der Waals surface area contributed by atoms with Gasteiger partial charge in [-0.15, -0.1) is 0 Å². The van der Waals surface area contributed by atoms with Crippen LogP contribution in [0.1, 0.15) is 30.9 Å². The Balaban J connectivity index is 2.94. The van der Waals surface area contributed by atoms with Crippen molar-refractivity contribution in [3.8, 4) is 11.8 Å². The molecule has 0 heterocycles. The summed E-state index contributed by atoms with van der Waals surface area (Å²) >= 11 is 1.57. The van der Waals surface area contributed by atoms with Crippen LogP contribution < -0.4 is 10.1 Å². The van der Waals surface area contributed by atoms with E-state index in [2.05, 4.69) is 5.32 Å². The third-order valence-corrected chi connectivity index (χ3v) is 3.76. The molecule has 0 spiro atoms. The first-order chi connectivity index (χ1) is 11.3. The molecule has 1 unspecified atom stereocenters. The summed E-state index contributed by atoms with van der Waals surface area (Å²) in [5.41, 5.74) is -1.55. The topological polar surface area (TPSA) is 62.1 Å². The molecular weight excluding hydrogens is 341 g/mol. The van der Waals surface area contributed by atoms with Crippen LogP contribution in [0.4, 0.5) is 13.2 Å². The van der Waals surface area contributed by atoms with E-state index < -0.39 is 23.4 Å². The van der Waals surface area contributed by atoms with Crippen LogP contribution in [-0.2, 0) is 11.0 Å². The Labute approximate surface area is 143 Å². The fourth-order valence-electron chi connectivity index (χ4n) is 1.99. The van der Waals surface area contributed by atoms with Crippen LogP contribution in [0.15, 0.2) is 18.2 Å². The third kappa shape index (κ3) is 5.96. The number of hydrogen-bond donors (Lipinski definition) is 1. The Morgan fingerprint density at radius 3 is 2.71 bits per heavy atom. The molecular formula is C16H19F3N2O2S. The smallest absolute Gasteiger partial charge is 0.417 e. The van der Waals surface area contributed by atoms with E-state index in [1.54, 1.807) is 11.8 Å². The molecule has 0 aliphatic carbocycles. The van der Waals surface area contributed by atoms with Crippen molar-refractivity contribution in [2.45, 2.75) is 32.0 Å². The molecule has 0 radical (unpaired) electrons. The minimum atomic E-state index is -4.66. The molecule has 1 aromatic carbocycles. The van der Waals surface area contributed by atoms with Gasteiger partial charge in [-0.25, -0.2) is 0 Å². The minimum Gasteiger partial charge on any atom is -0.481 e.